The summed E-state index contributed by atoms with van der Waals surface area (Å²) in [6, 6.07) is 6.34. The van der Waals surface area contributed by atoms with Gasteiger partial charge in [0.15, 0.2) is 0 Å². The molecule has 0 unspecified atom stereocenters. The van der Waals surface area contributed by atoms with Crippen LogP contribution in [0.1, 0.15) is 0 Å². The number of rotatable bonds is 4. The van der Waals surface area contributed by atoms with Crippen LogP contribution in [0.4, 0.5) is 4.39 Å². The Labute approximate surface area is 79.6 Å². The van der Waals surface area contributed by atoms with Crippen LogP contribution in [0.25, 0.3) is 10.4 Å². The summed E-state index contributed by atoms with van der Waals surface area (Å²) in [5, 5.41) is 3.38. The lowest BCUT2D eigenvalue weighted by Crippen LogP contribution is -1.83. The molecular weight excluding hydrogens is 189 g/mol. The first kappa shape index (κ1) is 9.89. The molecule has 0 saturated heterocycles. The standard InChI is InChI=1S/C8H8FN3S/c9-7-2-1-3-8(6-7)13-5-4-11-12-10/h1-3,6H,4-5H2. The summed E-state index contributed by atoms with van der Waals surface area (Å²) in [5.41, 5.74) is 8.00. The Kier molecular flexibility index (Phi) is 4.15. The second-order valence-electron chi connectivity index (χ2n) is 2.26. The first-order chi connectivity index (χ1) is 6.33. The smallest absolute Gasteiger partial charge is 0.124 e. The second-order valence-corrected chi connectivity index (χ2v) is 3.43. The first-order valence-corrected chi connectivity index (χ1v) is 4.70. The van der Waals surface area contributed by atoms with Crippen molar-refractivity contribution in [3.8, 4) is 0 Å². The molecule has 0 amide bonds. The summed E-state index contributed by atoms with van der Waals surface area (Å²) in [7, 11) is 0. The number of nitrogens with zero attached hydrogens (tertiary/aromatic N) is 3. The van der Waals surface area contributed by atoms with Crippen molar-refractivity contribution in [3.63, 3.8) is 0 Å². The molecule has 0 N–H and O–H groups in total. The molecule has 1 rings (SSSR count). The third-order valence-electron chi connectivity index (χ3n) is 1.32. The van der Waals surface area contributed by atoms with Crippen LogP contribution in [0.2, 0.25) is 0 Å². The number of azide groups is 1. The van der Waals surface area contributed by atoms with Crippen LogP contribution in [0, 0.1) is 5.82 Å². The van der Waals surface area contributed by atoms with Gasteiger partial charge in [0.2, 0.25) is 0 Å². The topological polar surface area (TPSA) is 48.8 Å². The van der Waals surface area contributed by atoms with Crippen LogP contribution in [0.3, 0.4) is 0 Å². The van der Waals surface area contributed by atoms with Gasteiger partial charge in [-0.25, -0.2) is 4.39 Å². The van der Waals surface area contributed by atoms with Crippen molar-refractivity contribution in [1.29, 1.82) is 0 Å². The van der Waals surface area contributed by atoms with Gasteiger partial charge in [-0.2, -0.15) is 0 Å². The zero-order chi connectivity index (χ0) is 9.52. The summed E-state index contributed by atoms with van der Waals surface area (Å²) >= 11 is 1.47. The van der Waals surface area contributed by atoms with Crippen LogP contribution >= 0.6 is 11.8 Å². The van der Waals surface area contributed by atoms with E-state index < -0.39 is 0 Å². The Morgan fingerprint density at radius 2 is 2.38 bits per heavy atom. The highest BCUT2D eigenvalue weighted by Crippen LogP contribution is 2.17. The van der Waals surface area contributed by atoms with Crippen molar-refractivity contribution in [2.24, 2.45) is 5.11 Å². The summed E-state index contributed by atoms with van der Waals surface area (Å²) < 4.78 is 12.6. The van der Waals surface area contributed by atoms with E-state index in [2.05, 4.69) is 10.0 Å². The van der Waals surface area contributed by atoms with Gasteiger partial charge in [0.25, 0.3) is 0 Å². The van der Waals surface area contributed by atoms with Crippen molar-refractivity contribution in [3.05, 3.63) is 40.5 Å². The fraction of sp³-hybridized carbons (Fsp3) is 0.250. The third kappa shape index (κ3) is 3.83. The Morgan fingerprint density at radius 1 is 1.54 bits per heavy atom. The van der Waals surface area contributed by atoms with Crippen molar-refractivity contribution in [1.82, 2.24) is 0 Å². The average Bonchev–Trinajstić information content (AvgIpc) is 2.13. The van der Waals surface area contributed by atoms with Gasteiger partial charge in [-0.05, 0) is 23.7 Å². The average molecular weight is 197 g/mol. The molecule has 0 aliphatic carbocycles. The van der Waals surface area contributed by atoms with Gasteiger partial charge >= 0.3 is 0 Å². The molecule has 0 fully saturated rings. The van der Waals surface area contributed by atoms with Crippen molar-refractivity contribution >= 4 is 11.8 Å². The number of thioether (sulfide) groups is 1. The highest BCUT2D eigenvalue weighted by atomic mass is 32.2. The molecule has 0 heterocycles. The summed E-state index contributed by atoms with van der Waals surface area (Å²) in [5.74, 6) is 0.432. The molecule has 0 bridgehead atoms. The molecule has 13 heavy (non-hydrogen) atoms. The molecule has 0 radical (unpaired) electrons. The van der Waals surface area contributed by atoms with E-state index >= 15 is 0 Å². The molecule has 0 aliphatic rings. The number of benzene rings is 1. The van der Waals surface area contributed by atoms with E-state index in [4.69, 9.17) is 5.53 Å². The van der Waals surface area contributed by atoms with Gasteiger partial charge in [0, 0.05) is 22.1 Å². The molecule has 0 spiro atoms. The van der Waals surface area contributed by atoms with Crippen molar-refractivity contribution in [2.45, 2.75) is 4.90 Å². The molecule has 0 saturated carbocycles. The first-order valence-electron chi connectivity index (χ1n) is 3.72. The fourth-order valence-corrected chi connectivity index (χ4v) is 1.59. The van der Waals surface area contributed by atoms with Crippen LogP contribution in [0.5, 0.6) is 0 Å². The van der Waals surface area contributed by atoms with Crippen molar-refractivity contribution in [2.75, 3.05) is 12.3 Å². The van der Waals surface area contributed by atoms with E-state index in [-0.39, 0.29) is 5.82 Å². The minimum Gasteiger partial charge on any atom is -0.207 e. The molecular formula is C8H8FN3S. The maximum absolute atomic E-state index is 12.6. The third-order valence-corrected chi connectivity index (χ3v) is 2.29. The lowest BCUT2D eigenvalue weighted by atomic mass is 10.4. The molecule has 5 heteroatoms. The van der Waals surface area contributed by atoms with Gasteiger partial charge < -0.3 is 0 Å². The quantitative estimate of drug-likeness (QED) is 0.240. The SMILES string of the molecule is [N-]=[N+]=NCCSc1cccc(F)c1. The van der Waals surface area contributed by atoms with Gasteiger partial charge in [-0.15, -0.1) is 11.8 Å². The molecule has 1 aromatic rings. The van der Waals surface area contributed by atoms with Crippen LogP contribution in [0.15, 0.2) is 34.3 Å². The van der Waals surface area contributed by atoms with E-state index in [0.717, 1.165) is 4.90 Å². The minimum atomic E-state index is -0.242. The zero-order valence-corrected chi connectivity index (χ0v) is 7.67. The maximum Gasteiger partial charge on any atom is 0.124 e. The maximum atomic E-state index is 12.6. The van der Waals surface area contributed by atoms with Crippen molar-refractivity contribution < 1.29 is 4.39 Å². The molecule has 0 aromatic heterocycles. The van der Waals surface area contributed by atoms with Crippen LogP contribution in [-0.4, -0.2) is 12.3 Å². The highest BCUT2D eigenvalue weighted by Gasteiger charge is 1.94. The highest BCUT2D eigenvalue weighted by molar-refractivity contribution is 7.99. The Balaban J connectivity index is 2.40. The monoisotopic (exact) mass is 197 g/mol. The van der Waals surface area contributed by atoms with E-state index in [1.807, 2.05) is 6.07 Å². The molecule has 3 nitrogen and oxygen atoms in total. The van der Waals surface area contributed by atoms with Crippen LogP contribution in [-0.2, 0) is 0 Å². The molecule has 0 aliphatic heterocycles. The summed E-state index contributed by atoms with van der Waals surface area (Å²) in [6.07, 6.45) is 0. The van der Waals surface area contributed by atoms with Gasteiger partial charge in [0.05, 0.1) is 0 Å². The van der Waals surface area contributed by atoms with E-state index in [1.165, 1.54) is 23.9 Å². The lowest BCUT2D eigenvalue weighted by Gasteiger charge is -1.97. The van der Waals surface area contributed by atoms with Crippen LogP contribution < -0.4 is 0 Å². The van der Waals surface area contributed by atoms with E-state index in [9.17, 15) is 4.39 Å². The largest absolute Gasteiger partial charge is 0.207 e. The van der Waals surface area contributed by atoms with E-state index in [0.29, 0.717) is 12.3 Å². The van der Waals surface area contributed by atoms with E-state index in [1.54, 1.807) is 6.07 Å². The second kappa shape index (κ2) is 5.45. The zero-order valence-electron chi connectivity index (χ0n) is 6.85. The number of halogens is 1. The van der Waals surface area contributed by atoms with Gasteiger partial charge in [-0.1, -0.05) is 11.2 Å². The normalized spacial score (nSPS) is 9.31. The lowest BCUT2D eigenvalue weighted by molar-refractivity contribution is 0.624. The Morgan fingerprint density at radius 3 is 3.08 bits per heavy atom. The predicted octanol–water partition coefficient (Wildman–Crippen LogP) is 3.23. The Hall–Kier alpha value is -1.19. The predicted molar refractivity (Wildman–Crippen MR) is 51.1 cm³/mol. The fourth-order valence-electron chi connectivity index (χ4n) is 0.806. The number of hydrogen-bond donors (Lipinski definition) is 0. The molecule has 0 atom stereocenters. The van der Waals surface area contributed by atoms with Gasteiger partial charge in [0.1, 0.15) is 5.82 Å². The summed E-state index contributed by atoms with van der Waals surface area (Å²) in [4.78, 5) is 3.48. The molecule has 1 aromatic carbocycles. The number of hydrogen-bond acceptors (Lipinski definition) is 2. The van der Waals surface area contributed by atoms with Gasteiger partial charge in [-0.3, -0.25) is 0 Å². The molecule has 68 valence electrons. The summed E-state index contributed by atoms with van der Waals surface area (Å²) in [6.45, 7) is 0.428. The Bertz CT molecular complexity index is 323. The minimum absolute atomic E-state index is 0.242.